The van der Waals surface area contributed by atoms with Gasteiger partial charge in [0.05, 0.1) is 17.6 Å². The second-order valence-corrected chi connectivity index (χ2v) is 10.1. The number of nitrogens with zero attached hydrogens (tertiary/aromatic N) is 3. The molecule has 0 unspecified atom stereocenters. The van der Waals surface area contributed by atoms with Crippen molar-refractivity contribution >= 4 is 29.3 Å². The van der Waals surface area contributed by atoms with Gasteiger partial charge in [0, 0.05) is 11.1 Å². The number of hydrogen-bond donors (Lipinski definition) is 1. The Hall–Kier alpha value is -4.30. The predicted octanol–water partition coefficient (Wildman–Crippen LogP) is 2.94. The maximum absolute atomic E-state index is 14.1. The zero-order valence-corrected chi connectivity index (χ0v) is 20.4. The van der Waals surface area contributed by atoms with Crippen molar-refractivity contribution in [3.05, 3.63) is 102 Å². The fraction of sp³-hybridized carbons (Fsp3) is 0.241. The van der Waals surface area contributed by atoms with Gasteiger partial charge in [-0.25, -0.2) is 9.91 Å². The number of rotatable bonds is 4. The second-order valence-electron chi connectivity index (χ2n) is 10.1. The molecule has 3 aromatic rings. The lowest BCUT2D eigenvalue weighted by atomic mass is 9.82. The van der Waals surface area contributed by atoms with Gasteiger partial charge < -0.3 is 5.32 Å². The molecule has 0 bridgehead atoms. The molecule has 3 aliphatic heterocycles. The van der Waals surface area contributed by atoms with E-state index in [0.29, 0.717) is 11.3 Å². The molecule has 3 saturated heterocycles. The topological polar surface area (TPSA) is 90.0 Å². The molecule has 0 saturated carbocycles. The van der Waals surface area contributed by atoms with E-state index in [-0.39, 0.29) is 11.8 Å². The Morgan fingerprint density at radius 3 is 1.92 bits per heavy atom. The highest BCUT2D eigenvalue weighted by molar-refractivity contribution is 6.25. The smallest absolute Gasteiger partial charge is 0.262 e. The van der Waals surface area contributed by atoms with Crippen molar-refractivity contribution in [2.75, 3.05) is 4.90 Å². The van der Waals surface area contributed by atoms with Gasteiger partial charge in [-0.2, -0.15) is 0 Å². The van der Waals surface area contributed by atoms with Gasteiger partial charge in [-0.15, -0.1) is 0 Å². The number of benzene rings is 3. The fourth-order valence-corrected chi connectivity index (χ4v) is 6.07. The molecule has 8 nitrogen and oxygen atoms in total. The van der Waals surface area contributed by atoms with Crippen LogP contribution in [0, 0.1) is 5.92 Å². The molecule has 4 atom stereocenters. The van der Waals surface area contributed by atoms with Crippen LogP contribution in [0.4, 0.5) is 5.69 Å². The Labute approximate surface area is 214 Å². The Morgan fingerprint density at radius 2 is 1.30 bits per heavy atom. The van der Waals surface area contributed by atoms with E-state index in [1.54, 1.807) is 48.5 Å². The van der Waals surface area contributed by atoms with Crippen molar-refractivity contribution < 1.29 is 19.2 Å². The lowest BCUT2D eigenvalue weighted by Crippen LogP contribution is -2.51. The molecule has 0 aromatic heterocycles. The molecule has 3 aromatic carbocycles. The Bertz CT molecular complexity index is 1390. The van der Waals surface area contributed by atoms with E-state index < -0.39 is 41.4 Å². The Kier molecular flexibility index (Phi) is 5.24. The first-order valence-electron chi connectivity index (χ1n) is 12.3. The number of hydrazine groups is 1. The lowest BCUT2D eigenvalue weighted by Gasteiger charge is -2.39. The number of nitrogens with one attached hydrogen (secondary N) is 1. The molecular weight excluding hydrogens is 468 g/mol. The average molecular weight is 495 g/mol. The molecule has 6 rings (SSSR count). The summed E-state index contributed by atoms with van der Waals surface area (Å²) >= 11 is 0. The summed E-state index contributed by atoms with van der Waals surface area (Å²) in [6.07, 6.45) is 0. The van der Waals surface area contributed by atoms with Crippen LogP contribution < -0.4 is 10.2 Å². The maximum atomic E-state index is 14.1. The largest absolute Gasteiger partial charge is 0.338 e. The quantitative estimate of drug-likeness (QED) is 0.564. The number of fused-ring (bicyclic) bond motifs is 3. The van der Waals surface area contributed by atoms with E-state index >= 15 is 0 Å². The molecule has 186 valence electrons. The van der Waals surface area contributed by atoms with Gasteiger partial charge in [0.25, 0.3) is 17.7 Å². The minimum absolute atomic E-state index is 0.329. The SMILES string of the molecule is CC1(C)[C@H]2C(=O)N(c3ccccc3)C(=O)[C@H]2N2C(=O)[C@H](NC(=O)c3ccccc3)[C@@H](c3ccccc3)N21. The first-order valence-corrected chi connectivity index (χ1v) is 12.3. The molecule has 37 heavy (non-hydrogen) atoms. The number of imide groups is 1. The van der Waals surface area contributed by atoms with Crippen molar-refractivity contribution in [2.45, 2.75) is 37.5 Å². The summed E-state index contributed by atoms with van der Waals surface area (Å²) in [4.78, 5) is 55.9. The first-order chi connectivity index (χ1) is 17.8. The summed E-state index contributed by atoms with van der Waals surface area (Å²) in [5.74, 6) is -2.30. The van der Waals surface area contributed by atoms with Crippen LogP contribution >= 0.6 is 0 Å². The molecule has 0 aliphatic carbocycles. The van der Waals surface area contributed by atoms with Gasteiger partial charge in [-0.1, -0.05) is 66.7 Å². The Morgan fingerprint density at radius 1 is 0.730 bits per heavy atom. The van der Waals surface area contributed by atoms with Crippen LogP contribution in [0.3, 0.4) is 0 Å². The number of carbonyl (C=O) groups is 4. The highest BCUT2D eigenvalue weighted by Gasteiger charge is 2.71. The van der Waals surface area contributed by atoms with E-state index in [1.165, 1.54) is 9.91 Å². The molecule has 3 aliphatic rings. The van der Waals surface area contributed by atoms with Crippen LogP contribution in [-0.2, 0) is 14.4 Å². The van der Waals surface area contributed by atoms with Crippen molar-refractivity contribution in [3.63, 3.8) is 0 Å². The minimum Gasteiger partial charge on any atom is -0.338 e. The number of para-hydroxylation sites is 1. The van der Waals surface area contributed by atoms with E-state index in [1.807, 2.05) is 61.3 Å². The van der Waals surface area contributed by atoms with E-state index in [4.69, 9.17) is 0 Å². The Balaban J connectivity index is 1.43. The van der Waals surface area contributed by atoms with Crippen molar-refractivity contribution in [1.82, 2.24) is 15.3 Å². The molecule has 0 spiro atoms. The zero-order chi connectivity index (χ0) is 25.9. The van der Waals surface area contributed by atoms with Crippen molar-refractivity contribution in [2.24, 2.45) is 5.92 Å². The third-order valence-electron chi connectivity index (χ3n) is 7.67. The van der Waals surface area contributed by atoms with Gasteiger partial charge in [0.1, 0.15) is 12.1 Å². The number of amides is 4. The van der Waals surface area contributed by atoms with E-state index in [9.17, 15) is 19.2 Å². The molecule has 8 heteroatoms. The van der Waals surface area contributed by atoms with Crippen molar-refractivity contribution in [3.8, 4) is 0 Å². The average Bonchev–Trinajstić information content (AvgIpc) is 3.45. The highest BCUT2D eigenvalue weighted by atomic mass is 16.2. The lowest BCUT2D eigenvalue weighted by molar-refractivity contribution is -0.147. The summed E-state index contributed by atoms with van der Waals surface area (Å²) in [7, 11) is 0. The predicted molar refractivity (Wildman–Crippen MR) is 136 cm³/mol. The molecular formula is C29H26N4O4. The third kappa shape index (κ3) is 3.33. The van der Waals surface area contributed by atoms with Gasteiger partial charge in [0.15, 0.2) is 0 Å². The summed E-state index contributed by atoms with van der Waals surface area (Å²) in [5, 5.41) is 6.20. The van der Waals surface area contributed by atoms with Crippen LogP contribution in [0.5, 0.6) is 0 Å². The van der Waals surface area contributed by atoms with Crippen LogP contribution in [0.15, 0.2) is 91.0 Å². The maximum Gasteiger partial charge on any atom is 0.262 e. The van der Waals surface area contributed by atoms with Crippen molar-refractivity contribution in [1.29, 1.82) is 0 Å². The van der Waals surface area contributed by atoms with Gasteiger partial charge in [0.2, 0.25) is 5.91 Å². The molecule has 3 fully saturated rings. The normalized spacial score (nSPS) is 26.4. The molecule has 4 amide bonds. The van der Waals surface area contributed by atoms with E-state index in [2.05, 4.69) is 5.32 Å². The van der Waals surface area contributed by atoms with Crippen LogP contribution in [-0.4, -0.2) is 51.3 Å². The molecule has 0 radical (unpaired) electrons. The minimum atomic E-state index is -0.986. The van der Waals surface area contributed by atoms with E-state index in [0.717, 1.165) is 5.56 Å². The molecule has 1 N–H and O–H groups in total. The summed E-state index contributed by atoms with van der Waals surface area (Å²) in [6, 6.07) is 24.4. The van der Waals surface area contributed by atoms with Crippen LogP contribution in [0.25, 0.3) is 0 Å². The number of carbonyl (C=O) groups excluding carboxylic acids is 4. The fourth-order valence-electron chi connectivity index (χ4n) is 6.07. The summed E-state index contributed by atoms with van der Waals surface area (Å²) in [5.41, 5.74) is 0.839. The summed E-state index contributed by atoms with van der Waals surface area (Å²) in [6.45, 7) is 3.77. The zero-order valence-electron chi connectivity index (χ0n) is 20.4. The number of anilines is 1. The van der Waals surface area contributed by atoms with Crippen LogP contribution in [0.1, 0.15) is 35.8 Å². The van der Waals surface area contributed by atoms with Gasteiger partial charge in [-0.3, -0.25) is 24.2 Å². The van der Waals surface area contributed by atoms with Crippen LogP contribution in [0.2, 0.25) is 0 Å². The second kappa shape index (κ2) is 8.38. The third-order valence-corrected chi connectivity index (χ3v) is 7.67. The highest BCUT2D eigenvalue weighted by Crippen LogP contribution is 2.53. The standard InChI is InChI=1S/C29H26N4O4/c1-29(2)21-24(28(37)31(26(21)35)20-16-10-5-11-17-20)32-27(36)22(30-25(34)19-14-8-4-9-15-19)23(33(29)32)18-12-6-3-7-13-18/h3-17,21-24H,1-2H3,(H,30,34)/t21-,22-,23-,24+/m1/s1. The molecule has 3 heterocycles. The number of hydrogen-bond acceptors (Lipinski definition) is 5. The van der Waals surface area contributed by atoms with Gasteiger partial charge >= 0.3 is 0 Å². The monoisotopic (exact) mass is 494 g/mol. The summed E-state index contributed by atoms with van der Waals surface area (Å²) < 4.78 is 0. The first kappa shape index (κ1) is 23.1. The van der Waals surface area contributed by atoms with Gasteiger partial charge in [-0.05, 0) is 43.7 Å².